The summed E-state index contributed by atoms with van der Waals surface area (Å²) in [5, 5.41) is 20.2. The van der Waals surface area contributed by atoms with E-state index in [9.17, 15) is 57.6 Å². The Hall–Kier alpha value is -2.28. The summed E-state index contributed by atoms with van der Waals surface area (Å²) in [7, 11) is -6.76. The molecule has 0 bridgehead atoms. The molecule has 3 fully saturated rings. The quantitative estimate of drug-likeness (QED) is 0.0448. The first-order valence-electron chi connectivity index (χ1n) is 22.2. The maximum atomic E-state index is 13.3. The van der Waals surface area contributed by atoms with Crippen LogP contribution in [0.2, 0.25) is 0 Å². The minimum Gasteiger partial charge on any atom is -0.812 e. The minimum absolute atomic E-state index is 0. The molecule has 70 heavy (non-hydrogen) atoms. The van der Waals surface area contributed by atoms with E-state index in [1.165, 1.54) is 36.1 Å². The van der Waals surface area contributed by atoms with Gasteiger partial charge in [-0.25, -0.2) is 26.9 Å². The van der Waals surface area contributed by atoms with E-state index in [4.69, 9.17) is 19.8 Å². The van der Waals surface area contributed by atoms with Gasteiger partial charge in [-0.05, 0) is 124 Å². The number of ether oxygens (including phenoxy) is 2. The number of carbonyl (C=O) groups excluding carboxylic acids is 3. The molecule has 2 aliphatic carbocycles. The Balaban J connectivity index is 0.00000124. The molecule has 0 aromatic heterocycles. The van der Waals surface area contributed by atoms with Gasteiger partial charge in [0.1, 0.15) is 23.8 Å². The van der Waals surface area contributed by atoms with Crippen molar-refractivity contribution in [1.82, 2.24) is 15.5 Å². The fourth-order valence-corrected chi connectivity index (χ4v) is 10.5. The second-order valence-corrected chi connectivity index (χ2v) is 21.9. The van der Waals surface area contributed by atoms with Gasteiger partial charge in [-0.15, -0.1) is 0 Å². The summed E-state index contributed by atoms with van der Waals surface area (Å²) in [4.78, 5) is 34.8. The normalized spacial score (nSPS) is 15.5. The second-order valence-electron chi connectivity index (χ2n) is 17.4. The summed E-state index contributed by atoms with van der Waals surface area (Å²) in [5.74, 6) is -1.40. The van der Waals surface area contributed by atoms with Crippen LogP contribution in [0.4, 0.5) is 31.1 Å². The number of Topliss-reactive ketones (excluding diaryl/α,β-unsaturated/α-hetero) is 1. The molecule has 0 radical (unpaired) electrons. The van der Waals surface area contributed by atoms with Crippen molar-refractivity contribution in [1.29, 1.82) is 5.26 Å². The average Bonchev–Trinajstić information content (AvgIpc) is 4.17. The van der Waals surface area contributed by atoms with Crippen LogP contribution in [-0.2, 0) is 41.6 Å². The van der Waals surface area contributed by atoms with E-state index in [1.807, 2.05) is 0 Å². The number of imide groups is 1. The first kappa shape index (κ1) is 67.7. The number of sulfone groups is 2. The molecule has 2 saturated carbocycles. The predicted molar refractivity (Wildman–Crippen MR) is 256 cm³/mol. The molecule has 392 valence electrons. The molecule has 2 aromatic carbocycles. The summed E-state index contributed by atoms with van der Waals surface area (Å²) in [6, 6.07) is 6.82. The van der Waals surface area contributed by atoms with Crippen molar-refractivity contribution in [2.24, 2.45) is 11.8 Å². The molecule has 5 rings (SSSR count). The molecule has 1 saturated heterocycles. The van der Waals surface area contributed by atoms with Crippen LogP contribution >= 0.6 is 27.0 Å². The Bertz CT molecular complexity index is 2230. The molecule has 2 atom stereocenters. The summed E-state index contributed by atoms with van der Waals surface area (Å²) in [5.41, 5.74) is -0.668. The third-order valence-corrected chi connectivity index (χ3v) is 14.9. The van der Waals surface area contributed by atoms with E-state index in [2.05, 4.69) is 10.6 Å². The zero-order valence-corrected chi connectivity index (χ0v) is 46.7. The Morgan fingerprint density at radius 1 is 0.786 bits per heavy atom. The van der Waals surface area contributed by atoms with Crippen molar-refractivity contribution < 1.29 is 124 Å². The molecule has 1 aliphatic heterocycles. The van der Waals surface area contributed by atoms with Crippen LogP contribution in [0.5, 0.6) is 11.5 Å². The van der Waals surface area contributed by atoms with Crippen LogP contribution in [-0.4, -0.2) is 102 Å². The van der Waals surface area contributed by atoms with Crippen LogP contribution in [0.25, 0.3) is 0 Å². The summed E-state index contributed by atoms with van der Waals surface area (Å²) >= 11 is 0. The molecule has 3 amide bonds. The van der Waals surface area contributed by atoms with E-state index in [0.29, 0.717) is 68.6 Å². The Kier molecular flexibility index (Phi) is 31.1. The van der Waals surface area contributed by atoms with Gasteiger partial charge in [-0.1, -0.05) is 38.8 Å². The number of benzene rings is 2. The van der Waals surface area contributed by atoms with Gasteiger partial charge in [0.25, 0.3) is 0 Å². The number of carbonyl (C=O) groups is 3. The van der Waals surface area contributed by atoms with Crippen molar-refractivity contribution in [2.45, 2.75) is 109 Å². The van der Waals surface area contributed by atoms with E-state index in [1.54, 1.807) is 13.8 Å². The number of nitriles is 1. The number of nitrogens with zero attached hydrogens (tertiary/aromatic N) is 2. The Morgan fingerprint density at radius 3 is 1.56 bits per heavy atom. The topological polar surface area (TPSA) is 212 Å². The van der Waals surface area contributed by atoms with E-state index >= 15 is 0 Å². The van der Waals surface area contributed by atoms with E-state index < -0.39 is 61.0 Å². The number of nitrogens with one attached hydrogen (secondary N) is 2. The summed E-state index contributed by atoms with van der Waals surface area (Å²) < 4.78 is 141. The average molecular weight is 1100 g/mol. The van der Waals surface area contributed by atoms with Crippen LogP contribution in [0.3, 0.4) is 0 Å². The molecular weight excluding hydrogens is 1040 g/mol. The largest absolute Gasteiger partial charge is 1.00 e. The third kappa shape index (κ3) is 26.6. The number of hydrogen-bond donors (Lipinski definition) is 2. The summed E-state index contributed by atoms with van der Waals surface area (Å²) in [6.07, 6.45) is -1.19. The van der Waals surface area contributed by atoms with Crippen LogP contribution in [0.1, 0.15) is 119 Å². The number of unbranched alkanes of at least 4 members (excludes halogenated alkanes) is 4. The number of ketones is 1. The van der Waals surface area contributed by atoms with Gasteiger partial charge in [0.05, 0.1) is 53.9 Å². The van der Waals surface area contributed by atoms with Crippen LogP contribution in [0.15, 0.2) is 36.4 Å². The van der Waals surface area contributed by atoms with Gasteiger partial charge in [0.15, 0.2) is 19.7 Å². The van der Waals surface area contributed by atoms with Gasteiger partial charge in [-0.2, -0.15) is 53.3 Å². The molecule has 3 aliphatic rings. The third-order valence-electron chi connectivity index (χ3n) is 11.0. The smallest absolute Gasteiger partial charge is 0.812 e. The van der Waals surface area contributed by atoms with Gasteiger partial charge in [-0.3, -0.25) is 14.9 Å². The first-order valence-corrected chi connectivity index (χ1v) is 25.9. The van der Waals surface area contributed by atoms with Crippen molar-refractivity contribution in [3.8, 4) is 17.8 Å². The Labute approximate surface area is 464 Å². The van der Waals surface area contributed by atoms with Crippen molar-refractivity contribution in [3.63, 3.8) is 0 Å². The SMILES string of the molecule is CC(=O)CNCCCCCS(=O)(=O)C[C@@H](C)c1ccc(C(F)(F)F)c(OCC2CC2)c1.C[C@H](CS(=O)(=O)CCCCCN1CC(=O)NC1=O)c1ccc(C(F)(F)F)c(OCC2CC2)c1.N#C[O-].S.S.[K+]. The number of alkyl halides is 6. The molecule has 14 nitrogen and oxygen atoms in total. The number of halogens is 6. The van der Waals surface area contributed by atoms with Gasteiger partial charge < -0.3 is 24.8 Å². The number of rotatable bonds is 26. The number of urea groups is 1. The number of amides is 3. The van der Waals surface area contributed by atoms with Crippen LogP contribution in [0, 0.1) is 23.4 Å². The fourth-order valence-electron chi connectivity index (χ4n) is 6.98. The van der Waals surface area contributed by atoms with E-state index in [0.717, 1.165) is 50.7 Å². The molecule has 0 unspecified atom stereocenters. The standard InChI is InChI=1S/C22H29F3N2O5S.C22H32F3NO4S.CHNO.K.2H2S/c1-15(14-33(30,31)10-4-2-3-9-27-12-20(28)26-21(27)29)17-7-8-18(22(23,24)25)19(11-17)32-13-16-5-6-16;1-16(15-31(28,29)11-5-3-4-10-26-13-17(2)27)19-8-9-20(22(23,24)25)21(12-19)30-14-18-6-7-18;2-1-3;;;/h7-8,11,15-16H,2-6,9-10,12-14H2,1H3,(H,26,28,29);8-9,12,16,18,26H,3-7,10-11,13-15H2,1-2H3;3H;;2*1H2/q;;;+1;;/p-1/t15-;16-;;;;/m11..../s1. The van der Waals surface area contributed by atoms with Gasteiger partial charge in [0.2, 0.25) is 5.91 Å². The molecule has 2 N–H and O–H groups in total. The summed E-state index contributed by atoms with van der Waals surface area (Å²) in [6.45, 7) is 6.73. The molecule has 25 heteroatoms. The first-order chi connectivity index (χ1) is 31.3. The van der Waals surface area contributed by atoms with Crippen molar-refractivity contribution in [3.05, 3.63) is 58.7 Å². The monoisotopic (exact) mass is 1100 g/mol. The minimum atomic E-state index is -4.55. The molecule has 1 heterocycles. The van der Waals surface area contributed by atoms with Crippen molar-refractivity contribution in [2.75, 3.05) is 62.4 Å². The van der Waals surface area contributed by atoms with Gasteiger partial charge >= 0.3 is 69.8 Å². The van der Waals surface area contributed by atoms with Gasteiger partial charge in [0, 0.05) is 12.8 Å². The Morgan fingerprint density at radius 2 is 1.20 bits per heavy atom. The molecule has 0 spiro atoms. The fraction of sp³-hybridized carbons (Fsp3) is 0.644. The molecule has 2 aromatic rings. The van der Waals surface area contributed by atoms with Crippen LogP contribution < -0.4 is 76.6 Å². The predicted octanol–water partition coefficient (Wildman–Crippen LogP) is 4.15. The second kappa shape index (κ2) is 32.1. The van der Waals surface area contributed by atoms with Crippen molar-refractivity contribution >= 4 is 64.4 Å². The van der Waals surface area contributed by atoms with E-state index in [-0.39, 0.29) is 150 Å². The zero-order valence-electron chi connectivity index (χ0n) is 40.0. The number of hydrogen-bond acceptors (Lipinski definition) is 12. The molecular formula is C45H65F6KN4O10S4. The zero-order chi connectivity index (χ0) is 50.0. The maximum Gasteiger partial charge on any atom is 1.00 e. The maximum absolute atomic E-state index is 13.3.